The van der Waals surface area contributed by atoms with E-state index in [1.54, 1.807) is 0 Å². The van der Waals surface area contributed by atoms with Crippen LogP contribution in [0.25, 0.3) is 10.9 Å². The molecule has 0 unspecified atom stereocenters. The summed E-state index contributed by atoms with van der Waals surface area (Å²) >= 11 is 0. The number of piperidine rings is 1. The highest BCUT2D eigenvalue weighted by molar-refractivity contribution is 6.07. The van der Waals surface area contributed by atoms with Crippen LogP contribution in [0.4, 0.5) is 0 Å². The van der Waals surface area contributed by atoms with Gasteiger partial charge in [-0.15, -0.1) is 0 Å². The largest absolute Gasteiger partial charge is 0.494 e. The fourth-order valence-electron chi connectivity index (χ4n) is 5.43. The summed E-state index contributed by atoms with van der Waals surface area (Å²) in [7, 11) is 1.99. The number of ether oxygens (including phenoxy) is 1. The van der Waals surface area contributed by atoms with Gasteiger partial charge >= 0.3 is 0 Å². The second-order valence-corrected chi connectivity index (χ2v) is 9.40. The average molecular weight is 446 g/mol. The molecule has 33 heavy (non-hydrogen) atoms. The molecule has 3 aromatic rings. The molecule has 2 amide bonds. The number of hydrogen-bond acceptors (Lipinski definition) is 3. The van der Waals surface area contributed by atoms with Crippen LogP contribution >= 0.6 is 0 Å². The van der Waals surface area contributed by atoms with Crippen molar-refractivity contribution in [1.29, 1.82) is 0 Å². The van der Waals surface area contributed by atoms with E-state index in [9.17, 15) is 9.59 Å². The van der Waals surface area contributed by atoms with Crippen LogP contribution in [0.2, 0.25) is 0 Å². The zero-order valence-electron chi connectivity index (χ0n) is 19.4. The Morgan fingerprint density at radius 2 is 1.58 bits per heavy atom. The van der Waals surface area contributed by atoms with Crippen LogP contribution in [-0.2, 0) is 7.05 Å². The molecule has 1 aromatic heterocycles. The molecule has 0 bridgehead atoms. The third-order valence-electron chi connectivity index (χ3n) is 7.38. The van der Waals surface area contributed by atoms with Gasteiger partial charge in [0.15, 0.2) is 0 Å². The highest BCUT2D eigenvalue weighted by Gasteiger charge is 2.43. The number of rotatable bonds is 4. The fraction of sp³-hybridized carbons (Fsp3) is 0.407. The van der Waals surface area contributed by atoms with Crippen LogP contribution in [0.5, 0.6) is 5.75 Å². The maximum atomic E-state index is 13.4. The van der Waals surface area contributed by atoms with Gasteiger partial charge in [0, 0.05) is 55.9 Å². The van der Waals surface area contributed by atoms with Crippen LogP contribution in [-0.4, -0.2) is 59.0 Å². The summed E-state index contributed by atoms with van der Waals surface area (Å²) in [5, 5.41) is 1.02. The number of likely N-dealkylation sites (tertiary alicyclic amines) is 2. The molecule has 0 aliphatic carbocycles. The van der Waals surface area contributed by atoms with E-state index in [0.29, 0.717) is 12.2 Å². The zero-order chi connectivity index (χ0) is 23.0. The minimum Gasteiger partial charge on any atom is -0.494 e. The van der Waals surface area contributed by atoms with Crippen LogP contribution in [0.3, 0.4) is 0 Å². The van der Waals surface area contributed by atoms with Crippen LogP contribution in [0.1, 0.15) is 46.9 Å². The van der Waals surface area contributed by atoms with Crippen molar-refractivity contribution in [2.45, 2.75) is 26.2 Å². The standard InChI is InChI=1S/C27H31N3O3/c1-3-33-21-10-8-20(9-11-21)25(31)29-15-12-27(13-16-29)14-17-30(19-27)26(32)23-18-28(2)24-7-5-4-6-22(23)24/h4-11,18H,3,12-17,19H2,1-2H3. The highest BCUT2D eigenvalue weighted by atomic mass is 16.5. The molecule has 2 aliphatic heterocycles. The first-order chi connectivity index (χ1) is 16.0. The number of hydrogen-bond donors (Lipinski definition) is 0. The number of carbonyl (C=O) groups is 2. The predicted octanol–water partition coefficient (Wildman–Crippen LogP) is 4.35. The van der Waals surface area contributed by atoms with E-state index in [1.165, 1.54) is 0 Å². The van der Waals surface area contributed by atoms with Crippen molar-refractivity contribution in [3.8, 4) is 5.75 Å². The van der Waals surface area contributed by atoms with Gasteiger partial charge in [-0.1, -0.05) is 18.2 Å². The lowest BCUT2D eigenvalue weighted by atomic mass is 9.77. The number of benzene rings is 2. The van der Waals surface area contributed by atoms with Crippen molar-refractivity contribution < 1.29 is 14.3 Å². The Morgan fingerprint density at radius 3 is 2.27 bits per heavy atom. The fourth-order valence-corrected chi connectivity index (χ4v) is 5.43. The molecule has 0 atom stereocenters. The summed E-state index contributed by atoms with van der Waals surface area (Å²) in [6, 6.07) is 15.5. The molecule has 172 valence electrons. The van der Waals surface area contributed by atoms with Gasteiger partial charge < -0.3 is 19.1 Å². The molecule has 2 aliphatic rings. The molecule has 0 N–H and O–H groups in total. The smallest absolute Gasteiger partial charge is 0.256 e. The summed E-state index contributed by atoms with van der Waals surface area (Å²) in [4.78, 5) is 30.3. The van der Waals surface area contributed by atoms with E-state index in [4.69, 9.17) is 4.74 Å². The van der Waals surface area contributed by atoms with Gasteiger partial charge in [0.25, 0.3) is 11.8 Å². The van der Waals surface area contributed by atoms with Crippen LogP contribution in [0.15, 0.2) is 54.7 Å². The topological polar surface area (TPSA) is 54.8 Å². The number of amides is 2. The monoisotopic (exact) mass is 445 g/mol. The SMILES string of the molecule is CCOc1ccc(C(=O)N2CCC3(CC2)CCN(C(=O)c2cn(C)c4ccccc24)C3)cc1. The second kappa shape index (κ2) is 8.58. The quantitative estimate of drug-likeness (QED) is 0.600. The molecule has 6 heteroatoms. The molecule has 1 spiro atoms. The van der Waals surface area contributed by atoms with E-state index >= 15 is 0 Å². The minimum atomic E-state index is 0.0783. The van der Waals surface area contributed by atoms with Gasteiger partial charge in [-0.3, -0.25) is 9.59 Å². The van der Waals surface area contributed by atoms with E-state index in [2.05, 4.69) is 6.07 Å². The normalized spacial score (nSPS) is 17.6. The van der Waals surface area contributed by atoms with Crippen molar-refractivity contribution in [2.24, 2.45) is 12.5 Å². The maximum absolute atomic E-state index is 13.4. The van der Waals surface area contributed by atoms with Gasteiger partial charge in [0.2, 0.25) is 0 Å². The van der Waals surface area contributed by atoms with Crippen LogP contribution in [0, 0.1) is 5.41 Å². The lowest BCUT2D eigenvalue weighted by Crippen LogP contribution is -2.44. The number of aromatic nitrogens is 1. The Hall–Kier alpha value is -3.28. The first-order valence-corrected chi connectivity index (χ1v) is 11.9. The highest BCUT2D eigenvalue weighted by Crippen LogP contribution is 2.41. The molecule has 2 aromatic carbocycles. The third kappa shape index (κ3) is 3.99. The number of carbonyl (C=O) groups excluding carboxylic acids is 2. The molecule has 3 heterocycles. The number of nitrogens with zero attached hydrogens (tertiary/aromatic N) is 3. The summed E-state index contributed by atoms with van der Waals surface area (Å²) < 4.78 is 7.50. The Kier molecular flexibility index (Phi) is 5.60. The Morgan fingerprint density at radius 1 is 0.909 bits per heavy atom. The molecule has 0 saturated carbocycles. The molecule has 6 nitrogen and oxygen atoms in total. The predicted molar refractivity (Wildman–Crippen MR) is 129 cm³/mol. The average Bonchev–Trinajstić information content (AvgIpc) is 3.41. The van der Waals surface area contributed by atoms with E-state index in [1.807, 2.05) is 77.0 Å². The van der Waals surface area contributed by atoms with Gasteiger partial charge in [-0.05, 0) is 61.9 Å². The van der Waals surface area contributed by atoms with Crippen molar-refractivity contribution in [2.75, 3.05) is 32.8 Å². The summed E-state index contributed by atoms with van der Waals surface area (Å²) in [6.45, 7) is 5.60. The molecule has 5 rings (SSSR count). The Labute approximate surface area is 194 Å². The zero-order valence-corrected chi connectivity index (χ0v) is 19.4. The summed E-state index contributed by atoms with van der Waals surface area (Å²) in [6.07, 6.45) is 4.84. The Bertz CT molecular complexity index is 1170. The maximum Gasteiger partial charge on any atom is 0.256 e. The molecular weight excluding hydrogens is 414 g/mol. The Balaban J connectivity index is 1.23. The third-order valence-corrected chi connectivity index (χ3v) is 7.38. The lowest BCUT2D eigenvalue weighted by Gasteiger charge is -2.39. The van der Waals surface area contributed by atoms with Crippen LogP contribution < -0.4 is 4.74 Å². The second-order valence-electron chi connectivity index (χ2n) is 9.40. The van der Waals surface area contributed by atoms with Crippen molar-refractivity contribution in [3.63, 3.8) is 0 Å². The van der Waals surface area contributed by atoms with Crippen molar-refractivity contribution in [3.05, 3.63) is 65.9 Å². The summed E-state index contributed by atoms with van der Waals surface area (Å²) in [5.74, 6) is 0.986. The van der Waals surface area contributed by atoms with E-state index in [-0.39, 0.29) is 17.2 Å². The summed E-state index contributed by atoms with van der Waals surface area (Å²) in [5.41, 5.74) is 2.69. The van der Waals surface area contributed by atoms with E-state index in [0.717, 1.165) is 67.7 Å². The number of para-hydroxylation sites is 1. The first kappa shape index (κ1) is 21.6. The van der Waals surface area contributed by atoms with Gasteiger partial charge in [0.1, 0.15) is 5.75 Å². The van der Waals surface area contributed by atoms with Crippen molar-refractivity contribution >= 4 is 22.7 Å². The van der Waals surface area contributed by atoms with Gasteiger partial charge in [0.05, 0.1) is 12.2 Å². The molecule has 2 saturated heterocycles. The first-order valence-electron chi connectivity index (χ1n) is 11.9. The van der Waals surface area contributed by atoms with Crippen molar-refractivity contribution in [1.82, 2.24) is 14.4 Å². The molecule has 0 radical (unpaired) electrons. The number of fused-ring (bicyclic) bond motifs is 1. The van der Waals surface area contributed by atoms with Gasteiger partial charge in [-0.25, -0.2) is 0 Å². The number of aryl methyl sites for hydroxylation is 1. The minimum absolute atomic E-state index is 0.0783. The molecule has 2 fully saturated rings. The van der Waals surface area contributed by atoms with E-state index < -0.39 is 0 Å². The van der Waals surface area contributed by atoms with Gasteiger partial charge in [-0.2, -0.15) is 0 Å². The lowest BCUT2D eigenvalue weighted by molar-refractivity contribution is 0.0566. The molecular formula is C27H31N3O3.